The highest BCUT2D eigenvalue weighted by Crippen LogP contribution is 2.64. The van der Waals surface area contributed by atoms with Gasteiger partial charge in [-0.25, -0.2) is 0 Å². The highest BCUT2D eigenvalue weighted by molar-refractivity contribution is 6.36. The third kappa shape index (κ3) is 4.65. The molecule has 11 heteroatoms. The smallest absolute Gasteiger partial charge is 0.260 e. The maximum absolute atomic E-state index is 15.2. The average molecular weight is 675 g/mol. The van der Waals surface area contributed by atoms with E-state index < -0.39 is 46.8 Å². The number of imide groups is 2. The van der Waals surface area contributed by atoms with Gasteiger partial charge in [0.25, 0.3) is 11.8 Å². The molecule has 0 radical (unpaired) electrons. The second-order valence-corrected chi connectivity index (χ2v) is 13.5. The first-order valence-corrected chi connectivity index (χ1v) is 16.5. The number of nitrogens with one attached hydrogen (secondary N) is 1. The minimum atomic E-state index is -1.45. The van der Waals surface area contributed by atoms with Crippen LogP contribution in [0.15, 0.2) is 78.4 Å². The second kappa shape index (κ2) is 11.7. The van der Waals surface area contributed by atoms with Gasteiger partial charge in [-0.1, -0.05) is 66.0 Å². The highest BCUT2D eigenvalue weighted by Gasteiger charge is 2.70. The van der Waals surface area contributed by atoms with Crippen molar-refractivity contribution >= 4 is 52.5 Å². The van der Waals surface area contributed by atoms with Gasteiger partial charge in [-0.05, 0) is 78.8 Å². The van der Waals surface area contributed by atoms with Crippen LogP contribution in [-0.2, 0) is 24.6 Å². The lowest BCUT2D eigenvalue weighted by Gasteiger charge is -2.50. The fourth-order valence-corrected chi connectivity index (χ4v) is 8.85. The number of carbonyl (C=O) groups excluding carboxylic acids is 4. The Morgan fingerprint density at radius 3 is 2.32 bits per heavy atom. The van der Waals surface area contributed by atoms with Gasteiger partial charge >= 0.3 is 0 Å². The highest BCUT2D eigenvalue weighted by atomic mass is 35.5. The Bertz CT molecular complexity index is 1830. The zero-order valence-electron chi connectivity index (χ0n) is 25.8. The van der Waals surface area contributed by atoms with E-state index in [9.17, 15) is 19.5 Å². The van der Waals surface area contributed by atoms with Crippen molar-refractivity contribution < 1.29 is 29.0 Å². The molecule has 4 aliphatic rings. The number of hydrogen-bond donors (Lipinski definition) is 2. The predicted molar refractivity (Wildman–Crippen MR) is 176 cm³/mol. The maximum Gasteiger partial charge on any atom is 0.260 e. The molecule has 2 aliphatic heterocycles. The van der Waals surface area contributed by atoms with Crippen molar-refractivity contribution in [2.75, 3.05) is 19.1 Å². The number of fused-ring (bicyclic) bond motifs is 4. The van der Waals surface area contributed by atoms with Gasteiger partial charge in [-0.3, -0.25) is 29.5 Å². The Balaban J connectivity index is 1.45. The van der Waals surface area contributed by atoms with E-state index in [1.54, 1.807) is 55.6 Å². The molecular formula is C36H33Cl2N3O6. The molecular weight excluding hydrogens is 641 g/mol. The SMILES string of the molecule is CCCN1C(=O)[C@H]2[C@H](CC=C3[C@H]2C[C@H]2C(=O)N(Nc4ccc(Cl)cc4Cl)C(=O)[C@@]2(c2ccc(OC)cc2)[C@H]3c2ccc(O)cc2)C1=O. The van der Waals surface area contributed by atoms with Crippen molar-refractivity contribution in [1.82, 2.24) is 9.91 Å². The molecule has 3 aromatic carbocycles. The first-order chi connectivity index (χ1) is 22.6. The molecule has 0 spiro atoms. The van der Waals surface area contributed by atoms with E-state index in [1.165, 1.54) is 11.0 Å². The van der Waals surface area contributed by atoms with E-state index in [1.807, 2.05) is 25.1 Å². The van der Waals surface area contributed by atoms with Crippen LogP contribution in [0.25, 0.3) is 0 Å². The van der Waals surface area contributed by atoms with Crippen LogP contribution in [0, 0.1) is 23.7 Å². The van der Waals surface area contributed by atoms with E-state index in [2.05, 4.69) is 5.43 Å². The normalized spacial score (nSPS) is 28.2. The van der Waals surface area contributed by atoms with Crippen LogP contribution in [0.4, 0.5) is 5.69 Å². The lowest BCUT2D eigenvalue weighted by atomic mass is 9.49. The molecule has 47 heavy (non-hydrogen) atoms. The van der Waals surface area contributed by atoms with Gasteiger partial charge in [0.15, 0.2) is 0 Å². The molecule has 6 atom stereocenters. The van der Waals surface area contributed by atoms with Crippen molar-refractivity contribution in [2.45, 2.75) is 37.5 Å². The second-order valence-electron chi connectivity index (χ2n) is 12.6. The standard InChI is InChI=1S/C36H33Cl2N3O6/c1-3-16-40-32(43)25-14-13-24-26(30(25)34(40)45)18-27-33(44)41(39-29-15-8-21(37)17-28(29)38)35(46)36(27,20-6-11-23(47-2)12-7-20)31(24)19-4-9-22(42)10-5-19/h4-13,15,17,25-27,30-31,39,42H,3,14,16,18H2,1-2H3/t25-,26+,27-,30-,31-,36+/m0/s1. The van der Waals surface area contributed by atoms with Crippen LogP contribution in [0.5, 0.6) is 11.5 Å². The first-order valence-electron chi connectivity index (χ1n) is 15.7. The van der Waals surface area contributed by atoms with Crippen LogP contribution in [0.3, 0.4) is 0 Å². The predicted octanol–water partition coefficient (Wildman–Crippen LogP) is 6.10. The van der Waals surface area contributed by atoms with Gasteiger partial charge in [0.2, 0.25) is 11.8 Å². The van der Waals surface area contributed by atoms with Crippen molar-refractivity contribution in [2.24, 2.45) is 23.7 Å². The number of hydrazine groups is 1. The Morgan fingerprint density at radius 2 is 1.66 bits per heavy atom. The molecule has 242 valence electrons. The maximum atomic E-state index is 15.2. The van der Waals surface area contributed by atoms with Gasteiger partial charge in [0, 0.05) is 17.5 Å². The molecule has 1 saturated carbocycles. The molecule has 7 rings (SSSR count). The minimum Gasteiger partial charge on any atom is -0.508 e. The van der Waals surface area contributed by atoms with Crippen molar-refractivity contribution in [1.29, 1.82) is 0 Å². The molecule has 2 N–H and O–H groups in total. The number of phenolic OH excluding ortho intramolecular Hbond substituents is 1. The summed E-state index contributed by atoms with van der Waals surface area (Å²) in [4.78, 5) is 58.6. The fraction of sp³-hybridized carbons (Fsp3) is 0.333. The summed E-state index contributed by atoms with van der Waals surface area (Å²) in [7, 11) is 1.55. The number of anilines is 1. The van der Waals surface area contributed by atoms with Crippen molar-refractivity contribution in [3.63, 3.8) is 0 Å². The van der Waals surface area contributed by atoms with Gasteiger partial charge in [-0.2, -0.15) is 5.01 Å². The average Bonchev–Trinajstić information content (AvgIpc) is 3.43. The molecule has 4 amide bonds. The monoisotopic (exact) mass is 673 g/mol. The minimum absolute atomic E-state index is 0.0510. The Morgan fingerprint density at radius 1 is 0.936 bits per heavy atom. The van der Waals surface area contributed by atoms with Crippen LogP contribution >= 0.6 is 23.2 Å². The van der Waals surface area contributed by atoms with Gasteiger partial charge < -0.3 is 9.84 Å². The summed E-state index contributed by atoms with van der Waals surface area (Å²) in [5, 5.41) is 11.9. The summed E-state index contributed by atoms with van der Waals surface area (Å²) in [6.07, 6.45) is 3.19. The number of halogens is 2. The van der Waals surface area contributed by atoms with Crippen LogP contribution in [0.2, 0.25) is 10.0 Å². The number of ether oxygens (including phenoxy) is 1. The molecule has 0 aromatic heterocycles. The quantitative estimate of drug-likeness (QED) is 0.230. The number of carbonyl (C=O) groups is 4. The molecule has 3 aromatic rings. The third-order valence-electron chi connectivity index (χ3n) is 10.3. The number of methoxy groups -OCH3 is 1. The van der Waals surface area contributed by atoms with E-state index >= 15 is 4.79 Å². The zero-order chi connectivity index (χ0) is 33.2. The first kappa shape index (κ1) is 31.3. The molecule has 9 nitrogen and oxygen atoms in total. The Labute approximate surface area is 282 Å². The Hall–Kier alpha value is -4.34. The van der Waals surface area contributed by atoms with Gasteiger partial charge in [0.05, 0.1) is 41.0 Å². The largest absolute Gasteiger partial charge is 0.508 e. The lowest BCUT2D eigenvalue weighted by Crippen LogP contribution is -2.53. The van der Waals surface area contributed by atoms with Crippen LogP contribution in [-0.4, -0.2) is 52.3 Å². The number of nitrogens with zero attached hydrogens (tertiary/aromatic N) is 2. The van der Waals surface area contributed by atoms with Gasteiger partial charge in [0.1, 0.15) is 11.5 Å². The number of benzene rings is 3. The van der Waals surface area contributed by atoms with Crippen LogP contribution < -0.4 is 10.2 Å². The fourth-order valence-electron chi connectivity index (χ4n) is 8.39. The van der Waals surface area contributed by atoms with E-state index in [0.717, 1.165) is 10.6 Å². The number of likely N-dealkylation sites (tertiary alicyclic amines) is 1. The summed E-state index contributed by atoms with van der Waals surface area (Å²) in [5.41, 5.74) is 4.02. The lowest BCUT2D eigenvalue weighted by molar-refractivity contribution is -0.141. The summed E-state index contributed by atoms with van der Waals surface area (Å²) in [5.74, 6) is -3.95. The Kier molecular flexibility index (Phi) is 7.80. The number of aromatic hydroxyl groups is 1. The van der Waals surface area contributed by atoms with E-state index in [0.29, 0.717) is 47.0 Å². The number of phenols is 1. The number of hydrogen-bond acceptors (Lipinski definition) is 7. The summed E-state index contributed by atoms with van der Waals surface area (Å²) in [6.45, 7) is 2.26. The third-order valence-corrected chi connectivity index (χ3v) is 10.9. The number of allylic oxidation sites excluding steroid dienone is 2. The van der Waals surface area contributed by atoms with E-state index in [4.69, 9.17) is 27.9 Å². The number of amides is 4. The summed E-state index contributed by atoms with van der Waals surface area (Å²) in [6, 6.07) is 18.5. The van der Waals surface area contributed by atoms with Crippen LogP contribution in [0.1, 0.15) is 43.2 Å². The molecule has 2 saturated heterocycles. The molecule has 3 fully saturated rings. The molecule has 2 aliphatic carbocycles. The zero-order valence-corrected chi connectivity index (χ0v) is 27.3. The summed E-state index contributed by atoms with van der Waals surface area (Å²) < 4.78 is 5.43. The molecule has 2 heterocycles. The van der Waals surface area contributed by atoms with E-state index in [-0.39, 0.29) is 29.0 Å². The summed E-state index contributed by atoms with van der Waals surface area (Å²) >= 11 is 12.6. The molecule has 0 unspecified atom stereocenters. The van der Waals surface area contributed by atoms with Crippen molar-refractivity contribution in [3.05, 3.63) is 99.6 Å². The molecule has 0 bridgehead atoms. The topological polar surface area (TPSA) is 116 Å². The van der Waals surface area contributed by atoms with Gasteiger partial charge in [-0.15, -0.1) is 0 Å². The number of rotatable bonds is 7. The van der Waals surface area contributed by atoms with Crippen molar-refractivity contribution in [3.8, 4) is 11.5 Å².